The summed E-state index contributed by atoms with van der Waals surface area (Å²) in [6, 6.07) is 0. The molecule has 0 unspecified atom stereocenters. The SMILES string of the molecule is CC=C[C@@H](O)C1CCCCC1. The van der Waals surface area contributed by atoms with Gasteiger partial charge in [-0.25, -0.2) is 0 Å². The molecule has 1 fully saturated rings. The minimum absolute atomic E-state index is 0.180. The lowest BCUT2D eigenvalue weighted by Gasteiger charge is -2.24. The standard InChI is InChI=1S/C10H18O/c1-2-6-10(11)9-7-4-3-5-8-9/h2,6,9-11H,3-5,7-8H2,1H3/t10-/m1/s1. The van der Waals surface area contributed by atoms with Crippen LogP contribution >= 0.6 is 0 Å². The lowest BCUT2D eigenvalue weighted by Crippen LogP contribution is -2.20. The molecule has 0 saturated heterocycles. The average molecular weight is 154 g/mol. The Bertz CT molecular complexity index is 123. The van der Waals surface area contributed by atoms with Crippen LogP contribution in [0.15, 0.2) is 12.2 Å². The Morgan fingerprint density at radius 3 is 2.45 bits per heavy atom. The van der Waals surface area contributed by atoms with Crippen molar-refractivity contribution in [3.8, 4) is 0 Å². The zero-order valence-electron chi connectivity index (χ0n) is 7.29. The quantitative estimate of drug-likeness (QED) is 0.606. The highest BCUT2D eigenvalue weighted by atomic mass is 16.3. The smallest absolute Gasteiger partial charge is 0.0748 e. The van der Waals surface area contributed by atoms with Gasteiger partial charge in [0.2, 0.25) is 0 Å². The fourth-order valence-electron chi connectivity index (χ4n) is 1.83. The van der Waals surface area contributed by atoms with Crippen LogP contribution in [-0.2, 0) is 0 Å². The molecule has 1 aliphatic rings. The topological polar surface area (TPSA) is 20.2 Å². The number of hydrogen-bond donors (Lipinski definition) is 1. The summed E-state index contributed by atoms with van der Waals surface area (Å²) < 4.78 is 0. The third-order valence-electron chi connectivity index (χ3n) is 2.52. The highest BCUT2D eigenvalue weighted by molar-refractivity contribution is 4.90. The molecule has 1 saturated carbocycles. The van der Waals surface area contributed by atoms with Crippen molar-refractivity contribution in [1.29, 1.82) is 0 Å². The fourth-order valence-corrected chi connectivity index (χ4v) is 1.83. The maximum absolute atomic E-state index is 9.59. The second-order valence-electron chi connectivity index (χ2n) is 3.41. The van der Waals surface area contributed by atoms with Crippen molar-refractivity contribution >= 4 is 0 Å². The molecule has 64 valence electrons. The van der Waals surface area contributed by atoms with Crippen LogP contribution in [0.5, 0.6) is 0 Å². The lowest BCUT2D eigenvalue weighted by molar-refractivity contribution is 0.125. The van der Waals surface area contributed by atoms with Crippen molar-refractivity contribution < 1.29 is 5.11 Å². The van der Waals surface area contributed by atoms with Gasteiger partial charge in [0.1, 0.15) is 0 Å². The van der Waals surface area contributed by atoms with E-state index in [4.69, 9.17) is 0 Å². The summed E-state index contributed by atoms with van der Waals surface area (Å²) in [5, 5.41) is 9.59. The van der Waals surface area contributed by atoms with E-state index < -0.39 is 0 Å². The van der Waals surface area contributed by atoms with E-state index in [1.807, 2.05) is 19.1 Å². The molecule has 0 aromatic carbocycles. The monoisotopic (exact) mass is 154 g/mol. The third-order valence-corrected chi connectivity index (χ3v) is 2.52. The van der Waals surface area contributed by atoms with Gasteiger partial charge in [-0.15, -0.1) is 0 Å². The first kappa shape index (κ1) is 8.79. The van der Waals surface area contributed by atoms with Crippen LogP contribution in [0.2, 0.25) is 0 Å². The van der Waals surface area contributed by atoms with Crippen molar-refractivity contribution in [2.24, 2.45) is 5.92 Å². The van der Waals surface area contributed by atoms with Crippen molar-refractivity contribution in [3.05, 3.63) is 12.2 Å². The molecule has 0 amide bonds. The summed E-state index contributed by atoms with van der Waals surface area (Å²) in [4.78, 5) is 0. The number of rotatable bonds is 2. The van der Waals surface area contributed by atoms with Crippen molar-refractivity contribution in [2.75, 3.05) is 0 Å². The van der Waals surface area contributed by atoms with Crippen LogP contribution in [0.25, 0.3) is 0 Å². The second-order valence-corrected chi connectivity index (χ2v) is 3.41. The van der Waals surface area contributed by atoms with Crippen molar-refractivity contribution in [2.45, 2.75) is 45.1 Å². The minimum Gasteiger partial charge on any atom is -0.389 e. The number of aliphatic hydroxyl groups excluding tert-OH is 1. The molecule has 1 atom stereocenters. The largest absolute Gasteiger partial charge is 0.389 e. The zero-order valence-corrected chi connectivity index (χ0v) is 7.29. The van der Waals surface area contributed by atoms with Gasteiger partial charge in [-0.2, -0.15) is 0 Å². The highest BCUT2D eigenvalue weighted by Crippen LogP contribution is 2.26. The molecule has 0 aliphatic heterocycles. The molecule has 1 nitrogen and oxygen atoms in total. The molecule has 1 heteroatoms. The maximum Gasteiger partial charge on any atom is 0.0748 e. The van der Waals surface area contributed by atoms with Crippen molar-refractivity contribution in [3.63, 3.8) is 0 Å². The molecule has 0 bridgehead atoms. The molecular formula is C10H18O. The second kappa shape index (κ2) is 4.55. The maximum atomic E-state index is 9.59. The van der Waals surface area contributed by atoms with Gasteiger partial charge >= 0.3 is 0 Å². The van der Waals surface area contributed by atoms with Crippen LogP contribution in [0.3, 0.4) is 0 Å². The molecule has 0 aromatic rings. The van der Waals surface area contributed by atoms with Gasteiger partial charge in [-0.1, -0.05) is 31.4 Å². The Hall–Kier alpha value is -0.300. The van der Waals surface area contributed by atoms with Crippen molar-refractivity contribution in [1.82, 2.24) is 0 Å². The van der Waals surface area contributed by atoms with E-state index in [-0.39, 0.29) is 6.10 Å². The predicted molar refractivity (Wildman–Crippen MR) is 47.4 cm³/mol. The van der Waals surface area contributed by atoms with Crippen LogP contribution in [0.4, 0.5) is 0 Å². The first-order valence-electron chi connectivity index (χ1n) is 4.65. The first-order chi connectivity index (χ1) is 5.34. The van der Waals surface area contributed by atoms with Gasteiger partial charge in [0.05, 0.1) is 6.10 Å². The summed E-state index contributed by atoms with van der Waals surface area (Å²) in [6.07, 6.45) is 10.1. The van der Waals surface area contributed by atoms with E-state index >= 15 is 0 Å². The summed E-state index contributed by atoms with van der Waals surface area (Å²) in [7, 11) is 0. The third kappa shape index (κ3) is 2.66. The van der Waals surface area contributed by atoms with Gasteiger partial charge in [0, 0.05) is 0 Å². The summed E-state index contributed by atoms with van der Waals surface area (Å²) in [6.45, 7) is 1.96. The van der Waals surface area contributed by atoms with Gasteiger partial charge < -0.3 is 5.11 Å². The Morgan fingerprint density at radius 2 is 1.91 bits per heavy atom. The van der Waals surface area contributed by atoms with Crippen LogP contribution in [0.1, 0.15) is 39.0 Å². The van der Waals surface area contributed by atoms with E-state index in [0.29, 0.717) is 5.92 Å². The average Bonchev–Trinajstić information content (AvgIpc) is 2.07. The zero-order chi connectivity index (χ0) is 8.10. The Kier molecular flexibility index (Phi) is 3.64. The van der Waals surface area contributed by atoms with E-state index in [9.17, 15) is 5.11 Å². The molecule has 1 aliphatic carbocycles. The Balaban J connectivity index is 2.32. The molecular weight excluding hydrogens is 136 g/mol. The van der Waals surface area contributed by atoms with Gasteiger partial charge in [0.15, 0.2) is 0 Å². The summed E-state index contributed by atoms with van der Waals surface area (Å²) in [5.41, 5.74) is 0. The van der Waals surface area contributed by atoms with Crippen LogP contribution in [0, 0.1) is 5.92 Å². The van der Waals surface area contributed by atoms with Crippen LogP contribution < -0.4 is 0 Å². The van der Waals surface area contributed by atoms with Crippen LogP contribution in [-0.4, -0.2) is 11.2 Å². The predicted octanol–water partition coefficient (Wildman–Crippen LogP) is 2.50. The highest BCUT2D eigenvalue weighted by Gasteiger charge is 2.18. The van der Waals surface area contributed by atoms with E-state index in [1.54, 1.807) is 0 Å². The minimum atomic E-state index is -0.180. The number of hydrogen-bond acceptors (Lipinski definition) is 1. The number of aliphatic hydroxyl groups is 1. The molecule has 0 heterocycles. The normalized spacial score (nSPS) is 24.2. The summed E-state index contributed by atoms with van der Waals surface area (Å²) in [5.74, 6) is 0.542. The first-order valence-corrected chi connectivity index (χ1v) is 4.65. The fraction of sp³-hybridized carbons (Fsp3) is 0.800. The van der Waals surface area contributed by atoms with E-state index in [1.165, 1.54) is 32.1 Å². The van der Waals surface area contributed by atoms with E-state index in [2.05, 4.69) is 0 Å². The Morgan fingerprint density at radius 1 is 1.27 bits per heavy atom. The van der Waals surface area contributed by atoms with Gasteiger partial charge in [-0.3, -0.25) is 0 Å². The summed E-state index contributed by atoms with van der Waals surface area (Å²) >= 11 is 0. The number of allylic oxidation sites excluding steroid dienone is 1. The van der Waals surface area contributed by atoms with Gasteiger partial charge in [0.25, 0.3) is 0 Å². The molecule has 0 spiro atoms. The van der Waals surface area contributed by atoms with Gasteiger partial charge in [-0.05, 0) is 25.7 Å². The molecule has 1 N–H and O–H groups in total. The molecule has 11 heavy (non-hydrogen) atoms. The molecule has 0 radical (unpaired) electrons. The lowest BCUT2D eigenvalue weighted by atomic mass is 9.85. The molecule has 0 aromatic heterocycles. The van der Waals surface area contributed by atoms with E-state index in [0.717, 1.165) is 0 Å². The molecule has 1 rings (SSSR count). The Labute approximate surface area is 69.1 Å².